The predicted molar refractivity (Wildman–Crippen MR) is 52.1 cm³/mol. The smallest absolute Gasteiger partial charge is 0.141 e. The Morgan fingerprint density at radius 3 is 2.46 bits per heavy atom. The van der Waals surface area contributed by atoms with Crippen molar-refractivity contribution >= 4 is 5.82 Å². The normalized spacial score (nSPS) is 13.0. The van der Waals surface area contributed by atoms with Gasteiger partial charge in [0, 0.05) is 6.04 Å². The number of halogens is 1. The first-order chi connectivity index (χ1) is 6.09. The fourth-order valence-electron chi connectivity index (χ4n) is 0.861. The Morgan fingerprint density at radius 1 is 1.31 bits per heavy atom. The molecule has 0 bridgehead atoms. The van der Waals surface area contributed by atoms with Crippen LogP contribution in [0.1, 0.15) is 20.8 Å². The Labute approximate surface area is 78.2 Å². The maximum Gasteiger partial charge on any atom is 0.141 e. The largest absolute Gasteiger partial charge is 0.367 e. The molecule has 13 heavy (non-hydrogen) atoms. The van der Waals surface area contributed by atoms with Gasteiger partial charge in [-0.1, -0.05) is 13.8 Å². The van der Waals surface area contributed by atoms with E-state index in [4.69, 9.17) is 0 Å². The van der Waals surface area contributed by atoms with Gasteiger partial charge < -0.3 is 5.32 Å². The number of anilines is 1. The lowest BCUT2D eigenvalue weighted by Crippen LogP contribution is -2.21. The van der Waals surface area contributed by atoms with Crippen molar-refractivity contribution in [2.24, 2.45) is 5.92 Å². The van der Waals surface area contributed by atoms with E-state index in [0.29, 0.717) is 12.0 Å². The summed E-state index contributed by atoms with van der Waals surface area (Å²) in [6.07, 6.45) is 1.22. The molecular weight excluding hydrogens is 167 g/mol. The quantitative estimate of drug-likeness (QED) is 0.777. The minimum Gasteiger partial charge on any atom is -0.367 e. The molecule has 0 amide bonds. The molecule has 1 atom stereocenters. The molecule has 1 aromatic rings. The third kappa shape index (κ3) is 3.01. The van der Waals surface area contributed by atoms with Crippen LogP contribution in [0.4, 0.5) is 10.2 Å². The van der Waals surface area contributed by atoms with Crippen LogP contribution >= 0.6 is 0 Å². The van der Waals surface area contributed by atoms with Crippen molar-refractivity contribution in [3.05, 3.63) is 24.1 Å². The molecule has 1 aromatic heterocycles. The van der Waals surface area contributed by atoms with E-state index in [1.165, 1.54) is 12.3 Å². The van der Waals surface area contributed by atoms with Gasteiger partial charge in [-0.3, -0.25) is 0 Å². The summed E-state index contributed by atoms with van der Waals surface area (Å²) < 4.78 is 12.5. The molecule has 0 fully saturated rings. The van der Waals surface area contributed by atoms with Crippen LogP contribution in [0.3, 0.4) is 0 Å². The fraction of sp³-hybridized carbons (Fsp3) is 0.500. The van der Waals surface area contributed by atoms with E-state index >= 15 is 0 Å². The summed E-state index contributed by atoms with van der Waals surface area (Å²) in [5.74, 6) is 0.956. The zero-order valence-electron chi connectivity index (χ0n) is 8.21. The summed E-state index contributed by atoms with van der Waals surface area (Å²) >= 11 is 0. The molecule has 0 unspecified atom stereocenters. The second-order valence-corrected chi connectivity index (χ2v) is 3.54. The minimum atomic E-state index is -0.303. The lowest BCUT2D eigenvalue weighted by atomic mass is 10.1. The molecule has 0 saturated carbocycles. The number of aromatic nitrogens is 1. The van der Waals surface area contributed by atoms with Gasteiger partial charge in [-0.15, -0.1) is 0 Å². The van der Waals surface area contributed by atoms with Crippen LogP contribution in [-0.2, 0) is 0 Å². The molecule has 0 saturated heterocycles. The highest BCUT2D eigenvalue weighted by atomic mass is 19.1. The molecule has 0 aliphatic heterocycles. The topological polar surface area (TPSA) is 24.9 Å². The van der Waals surface area contributed by atoms with Crippen LogP contribution in [0.5, 0.6) is 0 Å². The number of rotatable bonds is 3. The number of pyridine rings is 1. The van der Waals surface area contributed by atoms with Crippen LogP contribution in [0.25, 0.3) is 0 Å². The van der Waals surface area contributed by atoms with Crippen LogP contribution in [0.2, 0.25) is 0 Å². The van der Waals surface area contributed by atoms with Gasteiger partial charge in [-0.2, -0.15) is 0 Å². The average molecular weight is 182 g/mol. The Balaban J connectivity index is 2.59. The summed E-state index contributed by atoms with van der Waals surface area (Å²) in [5, 5.41) is 3.19. The van der Waals surface area contributed by atoms with Gasteiger partial charge in [0.2, 0.25) is 0 Å². The predicted octanol–water partition coefficient (Wildman–Crippen LogP) is 2.68. The Morgan fingerprint density at radius 2 is 2.00 bits per heavy atom. The first kappa shape index (κ1) is 9.96. The first-order valence-electron chi connectivity index (χ1n) is 4.47. The average Bonchev–Trinajstić information content (AvgIpc) is 2.08. The molecule has 0 aliphatic carbocycles. The van der Waals surface area contributed by atoms with Crippen molar-refractivity contribution in [2.45, 2.75) is 26.8 Å². The highest BCUT2D eigenvalue weighted by Crippen LogP contribution is 2.09. The summed E-state index contributed by atoms with van der Waals surface area (Å²) in [6, 6.07) is 3.40. The third-order valence-corrected chi connectivity index (χ3v) is 2.10. The van der Waals surface area contributed by atoms with Gasteiger partial charge >= 0.3 is 0 Å². The zero-order valence-corrected chi connectivity index (χ0v) is 8.21. The molecule has 1 rings (SSSR count). The van der Waals surface area contributed by atoms with Crippen LogP contribution in [0, 0.1) is 11.7 Å². The molecule has 1 heterocycles. The maximum absolute atomic E-state index is 12.5. The SMILES string of the molecule is CC(C)[C@@H](C)Nc1ccc(F)cn1. The fourth-order valence-corrected chi connectivity index (χ4v) is 0.861. The van der Waals surface area contributed by atoms with Crippen LogP contribution in [0.15, 0.2) is 18.3 Å². The van der Waals surface area contributed by atoms with Crippen LogP contribution in [-0.4, -0.2) is 11.0 Å². The van der Waals surface area contributed by atoms with Crippen molar-refractivity contribution < 1.29 is 4.39 Å². The summed E-state index contributed by atoms with van der Waals surface area (Å²) in [4.78, 5) is 3.91. The van der Waals surface area contributed by atoms with Crippen LogP contribution < -0.4 is 5.32 Å². The number of hydrogen-bond acceptors (Lipinski definition) is 2. The molecule has 3 heteroatoms. The summed E-state index contributed by atoms with van der Waals surface area (Å²) in [6.45, 7) is 6.33. The van der Waals surface area contributed by atoms with Crippen molar-refractivity contribution in [3.8, 4) is 0 Å². The molecule has 1 N–H and O–H groups in total. The first-order valence-corrected chi connectivity index (χ1v) is 4.47. The van der Waals surface area contributed by atoms with E-state index in [0.717, 1.165) is 5.82 Å². The second kappa shape index (κ2) is 4.21. The molecule has 0 aromatic carbocycles. The van der Waals surface area contributed by atoms with E-state index in [-0.39, 0.29) is 5.82 Å². The van der Waals surface area contributed by atoms with E-state index in [9.17, 15) is 4.39 Å². The number of hydrogen-bond donors (Lipinski definition) is 1. The molecule has 72 valence electrons. The molecule has 0 radical (unpaired) electrons. The van der Waals surface area contributed by atoms with Gasteiger partial charge in [0.1, 0.15) is 11.6 Å². The van der Waals surface area contributed by atoms with Crippen molar-refractivity contribution in [1.82, 2.24) is 4.98 Å². The Kier molecular flexibility index (Phi) is 3.23. The molecule has 0 aliphatic rings. The Bertz CT molecular complexity index is 256. The zero-order chi connectivity index (χ0) is 9.84. The van der Waals surface area contributed by atoms with Gasteiger partial charge in [-0.05, 0) is 25.0 Å². The molecule has 2 nitrogen and oxygen atoms in total. The summed E-state index contributed by atoms with van der Waals surface area (Å²) in [7, 11) is 0. The van der Waals surface area contributed by atoms with Crippen molar-refractivity contribution in [3.63, 3.8) is 0 Å². The number of nitrogens with zero attached hydrogens (tertiary/aromatic N) is 1. The summed E-state index contributed by atoms with van der Waals surface area (Å²) in [5.41, 5.74) is 0. The van der Waals surface area contributed by atoms with Gasteiger partial charge in [0.25, 0.3) is 0 Å². The standard InChI is InChI=1S/C10H15FN2/c1-7(2)8(3)13-10-5-4-9(11)6-12-10/h4-8H,1-3H3,(H,12,13)/t8-/m1/s1. The lowest BCUT2D eigenvalue weighted by molar-refractivity contribution is 0.557. The van der Waals surface area contributed by atoms with Gasteiger partial charge in [0.05, 0.1) is 6.20 Å². The highest BCUT2D eigenvalue weighted by molar-refractivity contribution is 5.34. The molecular formula is C10H15FN2. The van der Waals surface area contributed by atoms with Gasteiger partial charge in [-0.25, -0.2) is 9.37 Å². The van der Waals surface area contributed by atoms with E-state index < -0.39 is 0 Å². The monoisotopic (exact) mass is 182 g/mol. The van der Waals surface area contributed by atoms with E-state index in [1.807, 2.05) is 0 Å². The van der Waals surface area contributed by atoms with Crippen molar-refractivity contribution in [1.29, 1.82) is 0 Å². The minimum absolute atomic E-state index is 0.303. The number of nitrogens with one attached hydrogen (secondary N) is 1. The lowest BCUT2D eigenvalue weighted by Gasteiger charge is -2.17. The molecule has 0 spiro atoms. The third-order valence-electron chi connectivity index (χ3n) is 2.10. The Hall–Kier alpha value is -1.12. The van der Waals surface area contributed by atoms with E-state index in [2.05, 4.69) is 31.1 Å². The van der Waals surface area contributed by atoms with Crippen molar-refractivity contribution in [2.75, 3.05) is 5.32 Å². The van der Waals surface area contributed by atoms with E-state index in [1.54, 1.807) is 6.07 Å². The highest BCUT2D eigenvalue weighted by Gasteiger charge is 2.06. The van der Waals surface area contributed by atoms with Gasteiger partial charge in [0.15, 0.2) is 0 Å². The maximum atomic E-state index is 12.5. The second-order valence-electron chi connectivity index (χ2n) is 3.54.